The number of hydrogen-bond donors (Lipinski definition) is 1. The van der Waals surface area contributed by atoms with Gasteiger partial charge in [0, 0.05) is 23.4 Å². The smallest absolute Gasteiger partial charge is 0.134 e. The van der Waals surface area contributed by atoms with E-state index in [0.29, 0.717) is 17.0 Å². The predicted molar refractivity (Wildman–Crippen MR) is 83.1 cm³/mol. The third kappa shape index (κ3) is 1.73. The minimum atomic E-state index is 0.206. The molecule has 2 atom stereocenters. The van der Waals surface area contributed by atoms with E-state index in [9.17, 15) is 5.11 Å². The van der Waals surface area contributed by atoms with Gasteiger partial charge in [-0.15, -0.1) is 11.3 Å². The number of likely N-dealkylation sites (N-methyl/N-ethyl adjacent to an activating group) is 1. The molecular formula is C16H16ClNOS. The van der Waals surface area contributed by atoms with Gasteiger partial charge in [0.1, 0.15) is 5.75 Å². The van der Waals surface area contributed by atoms with Gasteiger partial charge in [-0.2, -0.15) is 0 Å². The second-order valence-electron chi connectivity index (χ2n) is 5.78. The number of fused-ring (bicyclic) bond motifs is 5. The van der Waals surface area contributed by atoms with Gasteiger partial charge in [-0.25, -0.2) is 0 Å². The Morgan fingerprint density at radius 3 is 3.05 bits per heavy atom. The van der Waals surface area contributed by atoms with Gasteiger partial charge in [0.05, 0.1) is 5.02 Å². The number of nitrogens with zero attached hydrogens (tertiary/aromatic N) is 1. The minimum absolute atomic E-state index is 0.206. The van der Waals surface area contributed by atoms with E-state index < -0.39 is 0 Å². The van der Waals surface area contributed by atoms with Crippen LogP contribution in [0.4, 0.5) is 0 Å². The van der Waals surface area contributed by atoms with Crippen LogP contribution in [-0.2, 0) is 12.8 Å². The molecule has 0 spiro atoms. The van der Waals surface area contributed by atoms with Crippen LogP contribution in [0.3, 0.4) is 0 Å². The number of thiophene rings is 1. The lowest BCUT2D eigenvalue weighted by atomic mass is 9.87. The van der Waals surface area contributed by atoms with E-state index >= 15 is 0 Å². The van der Waals surface area contributed by atoms with Crippen molar-refractivity contribution in [3.05, 3.63) is 50.2 Å². The topological polar surface area (TPSA) is 23.5 Å². The van der Waals surface area contributed by atoms with Gasteiger partial charge in [0.2, 0.25) is 0 Å². The highest BCUT2D eigenvalue weighted by atomic mass is 35.5. The fourth-order valence-corrected chi connectivity index (χ4v) is 4.84. The van der Waals surface area contributed by atoms with Crippen molar-refractivity contribution in [2.75, 3.05) is 13.6 Å². The van der Waals surface area contributed by atoms with Crippen LogP contribution in [0, 0.1) is 0 Å². The van der Waals surface area contributed by atoms with Crippen LogP contribution in [0.15, 0.2) is 23.6 Å². The van der Waals surface area contributed by atoms with Gasteiger partial charge in [-0.1, -0.05) is 11.6 Å². The Morgan fingerprint density at radius 1 is 1.35 bits per heavy atom. The normalized spacial score (nSPS) is 24.9. The van der Waals surface area contributed by atoms with Gasteiger partial charge in [-0.3, -0.25) is 0 Å². The van der Waals surface area contributed by atoms with E-state index in [1.165, 1.54) is 21.6 Å². The number of phenolic OH excluding ortho intramolecular Hbond substituents is 1. The number of rotatable bonds is 0. The fourth-order valence-electron chi connectivity index (χ4n) is 3.68. The lowest BCUT2D eigenvalue weighted by Crippen LogP contribution is -2.34. The molecular weight excluding hydrogens is 290 g/mol. The van der Waals surface area contributed by atoms with Crippen LogP contribution >= 0.6 is 22.9 Å². The quantitative estimate of drug-likeness (QED) is 0.803. The van der Waals surface area contributed by atoms with Crippen molar-refractivity contribution < 1.29 is 5.11 Å². The van der Waals surface area contributed by atoms with Crippen molar-refractivity contribution in [2.45, 2.75) is 24.8 Å². The highest BCUT2D eigenvalue weighted by molar-refractivity contribution is 7.10. The van der Waals surface area contributed by atoms with Gasteiger partial charge in [0.15, 0.2) is 0 Å². The first-order chi connectivity index (χ1) is 9.65. The molecule has 1 aromatic heterocycles. The van der Waals surface area contributed by atoms with Gasteiger partial charge in [0.25, 0.3) is 0 Å². The molecule has 0 unspecified atom stereocenters. The first-order valence-corrected chi connectivity index (χ1v) is 8.18. The van der Waals surface area contributed by atoms with Gasteiger partial charge in [-0.05, 0) is 60.2 Å². The second kappa shape index (κ2) is 4.48. The molecule has 2 heterocycles. The van der Waals surface area contributed by atoms with E-state index in [2.05, 4.69) is 23.4 Å². The van der Waals surface area contributed by atoms with Crippen LogP contribution < -0.4 is 0 Å². The number of benzene rings is 1. The maximum absolute atomic E-state index is 10.0. The Hall–Kier alpha value is -1.03. The summed E-state index contributed by atoms with van der Waals surface area (Å²) >= 11 is 7.95. The summed E-state index contributed by atoms with van der Waals surface area (Å²) in [5.41, 5.74) is 3.99. The Labute approximate surface area is 127 Å². The molecule has 20 heavy (non-hydrogen) atoms. The Balaban J connectivity index is 1.93. The average Bonchev–Trinajstić information content (AvgIpc) is 2.96. The largest absolute Gasteiger partial charge is 0.506 e. The molecule has 0 saturated heterocycles. The number of phenols is 1. The van der Waals surface area contributed by atoms with E-state index in [1.54, 1.807) is 0 Å². The summed E-state index contributed by atoms with van der Waals surface area (Å²) in [4.78, 5) is 3.96. The van der Waals surface area contributed by atoms with Crippen LogP contribution in [0.1, 0.15) is 27.5 Å². The molecule has 0 fully saturated rings. The number of halogens is 1. The SMILES string of the molecule is CN1CCc2cc(Cl)c(O)cc2[C@H]2c3ccsc3C[C@@H]21. The summed E-state index contributed by atoms with van der Waals surface area (Å²) in [6.45, 7) is 1.05. The Bertz CT molecular complexity index is 681. The first kappa shape index (κ1) is 12.7. The molecule has 1 aliphatic heterocycles. The fraction of sp³-hybridized carbons (Fsp3) is 0.375. The molecule has 4 heteroatoms. The number of aromatic hydroxyl groups is 1. The summed E-state index contributed by atoms with van der Waals surface area (Å²) in [6, 6.07) is 6.60. The lowest BCUT2D eigenvalue weighted by Gasteiger charge is -2.27. The second-order valence-corrected chi connectivity index (χ2v) is 7.19. The molecule has 0 radical (unpaired) electrons. The van der Waals surface area contributed by atoms with Gasteiger partial charge < -0.3 is 10.0 Å². The standard InChI is InChI=1S/C16H16ClNOS/c1-18-4-2-9-6-12(17)14(19)7-11(9)16-10-3-5-20-15(10)8-13(16)18/h3,5-7,13,16,19H,2,4,8H2,1H3/t13-,16+/m0/s1. The molecule has 104 valence electrons. The highest BCUT2D eigenvalue weighted by Gasteiger charge is 2.39. The van der Waals surface area contributed by atoms with Crippen LogP contribution in [0.25, 0.3) is 0 Å². The van der Waals surface area contributed by atoms with Crippen molar-refractivity contribution in [1.29, 1.82) is 0 Å². The van der Waals surface area contributed by atoms with E-state index in [4.69, 9.17) is 11.6 Å². The first-order valence-electron chi connectivity index (χ1n) is 6.93. The zero-order valence-electron chi connectivity index (χ0n) is 11.3. The zero-order chi connectivity index (χ0) is 13.9. The Kier molecular flexibility index (Phi) is 2.85. The highest BCUT2D eigenvalue weighted by Crippen LogP contribution is 2.47. The molecule has 4 rings (SSSR count). The van der Waals surface area contributed by atoms with E-state index in [1.807, 2.05) is 23.5 Å². The predicted octanol–water partition coefficient (Wildman–Crippen LogP) is 3.65. The molecule has 2 aromatic rings. The van der Waals surface area contributed by atoms with Crippen LogP contribution in [0.2, 0.25) is 5.02 Å². The van der Waals surface area contributed by atoms with Crippen LogP contribution in [0.5, 0.6) is 5.75 Å². The van der Waals surface area contributed by atoms with Crippen LogP contribution in [-0.4, -0.2) is 29.6 Å². The zero-order valence-corrected chi connectivity index (χ0v) is 12.8. The van der Waals surface area contributed by atoms with Crippen molar-refractivity contribution in [3.8, 4) is 5.75 Å². The molecule has 1 aromatic carbocycles. The van der Waals surface area contributed by atoms with Crippen molar-refractivity contribution in [2.24, 2.45) is 0 Å². The molecule has 2 nitrogen and oxygen atoms in total. The summed E-state index contributed by atoms with van der Waals surface area (Å²) in [6.07, 6.45) is 2.12. The van der Waals surface area contributed by atoms with Crippen molar-refractivity contribution in [3.63, 3.8) is 0 Å². The third-order valence-electron chi connectivity index (χ3n) is 4.74. The molecule has 0 bridgehead atoms. The molecule has 2 aliphatic rings. The summed E-state index contributed by atoms with van der Waals surface area (Å²) in [5.74, 6) is 0.583. The molecule has 1 N–H and O–H groups in total. The molecule has 0 amide bonds. The third-order valence-corrected chi connectivity index (χ3v) is 6.00. The Morgan fingerprint density at radius 2 is 2.20 bits per heavy atom. The van der Waals surface area contributed by atoms with Gasteiger partial charge >= 0.3 is 0 Å². The molecule has 0 saturated carbocycles. The van der Waals surface area contributed by atoms with E-state index in [-0.39, 0.29) is 5.75 Å². The lowest BCUT2D eigenvalue weighted by molar-refractivity contribution is 0.244. The summed E-state index contributed by atoms with van der Waals surface area (Å²) < 4.78 is 0. The molecule has 1 aliphatic carbocycles. The van der Waals surface area contributed by atoms with Crippen molar-refractivity contribution in [1.82, 2.24) is 4.90 Å². The maximum atomic E-state index is 10.0. The monoisotopic (exact) mass is 305 g/mol. The summed E-state index contributed by atoms with van der Waals surface area (Å²) in [7, 11) is 2.21. The minimum Gasteiger partial charge on any atom is -0.506 e. The van der Waals surface area contributed by atoms with Crippen molar-refractivity contribution >= 4 is 22.9 Å². The summed E-state index contributed by atoms with van der Waals surface area (Å²) in [5, 5.41) is 12.7. The van der Waals surface area contributed by atoms with E-state index in [0.717, 1.165) is 19.4 Å². The maximum Gasteiger partial charge on any atom is 0.134 e. The number of hydrogen-bond acceptors (Lipinski definition) is 3. The average molecular weight is 306 g/mol.